The van der Waals surface area contributed by atoms with Crippen LogP contribution in [0.25, 0.3) is 0 Å². The number of furan rings is 1. The highest BCUT2D eigenvalue weighted by Crippen LogP contribution is 2.16. The molecule has 0 aliphatic rings. The smallest absolute Gasteiger partial charge is 0.275 e. The Bertz CT molecular complexity index is 607. The first-order valence-corrected chi connectivity index (χ1v) is 6.22. The summed E-state index contributed by atoms with van der Waals surface area (Å²) >= 11 is 3.18. The van der Waals surface area contributed by atoms with Gasteiger partial charge in [0, 0.05) is 0 Å². The van der Waals surface area contributed by atoms with Crippen molar-refractivity contribution in [1.82, 2.24) is 5.43 Å². The molecule has 0 fully saturated rings. The second-order valence-electron chi connectivity index (χ2n) is 3.54. The first-order chi connectivity index (χ1) is 9.20. The van der Waals surface area contributed by atoms with Crippen LogP contribution in [0.3, 0.4) is 0 Å². The van der Waals surface area contributed by atoms with Gasteiger partial charge in [0.15, 0.2) is 4.67 Å². The molecule has 0 bridgehead atoms. The van der Waals surface area contributed by atoms with E-state index in [9.17, 15) is 4.79 Å². The van der Waals surface area contributed by atoms with Gasteiger partial charge in [0.2, 0.25) is 0 Å². The number of benzene rings is 1. The molecule has 98 valence electrons. The van der Waals surface area contributed by atoms with E-state index < -0.39 is 0 Å². The SMILES string of the molecule is COc1ccccc1C(=O)NN=Cc1ccc(Br)o1. The van der Waals surface area contributed by atoms with Gasteiger partial charge in [-0.25, -0.2) is 5.43 Å². The lowest BCUT2D eigenvalue weighted by Gasteiger charge is -2.05. The molecular weight excluding hydrogens is 312 g/mol. The van der Waals surface area contributed by atoms with E-state index in [1.807, 2.05) is 0 Å². The Hall–Kier alpha value is -2.08. The fourth-order valence-electron chi connectivity index (χ4n) is 1.44. The highest BCUT2D eigenvalue weighted by Gasteiger charge is 2.09. The molecule has 1 amide bonds. The summed E-state index contributed by atoms with van der Waals surface area (Å²) in [6, 6.07) is 10.4. The Balaban J connectivity index is 2.03. The van der Waals surface area contributed by atoms with E-state index in [2.05, 4.69) is 26.5 Å². The number of nitrogens with zero attached hydrogens (tertiary/aromatic N) is 1. The zero-order valence-electron chi connectivity index (χ0n) is 10.1. The highest BCUT2D eigenvalue weighted by molar-refractivity contribution is 9.10. The lowest BCUT2D eigenvalue weighted by atomic mass is 10.2. The van der Waals surface area contributed by atoms with E-state index in [4.69, 9.17) is 9.15 Å². The number of rotatable bonds is 4. The molecule has 19 heavy (non-hydrogen) atoms. The second-order valence-corrected chi connectivity index (χ2v) is 4.32. The second kappa shape index (κ2) is 6.19. The molecule has 0 atom stereocenters. The Morgan fingerprint density at radius 3 is 2.84 bits per heavy atom. The summed E-state index contributed by atoms with van der Waals surface area (Å²) in [4.78, 5) is 11.9. The molecule has 0 radical (unpaired) electrons. The van der Waals surface area contributed by atoms with Gasteiger partial charge in [0.05, 0.1) is 18.9 Å². The third-order valence-electron chi connectivity index (χ3n) is 2.30. The third-order valence-corrected chi connectivity index (χ3v) is 2.73. The Labute approximate surface area is 118 Å². The van der Waals surface area contributed by atoms with Crippen molar-refractivity contribution < 1.29 is 13.9 Å². The van der Waals surface area contributed by atoms with Gasteiger partial charge >= 0.3 is 0 Å². The lowest BCUT2D eigenvalue weighted by Crippen LogP contribution is -2.18. The van der Waals surface area contributed by atoms with Gasteiger partial charge in [-0.2, -0.15) is 5.10 Å². The van der Waals surface area contributed by atoms with Crippen LogP contribution in [0.15, 0.2) is 50.6 Å². The van der Waals surface area contributed by atoms with E-state index in [-0.39, 0.29) is 5.91 Å². The van der Waals surface area contributed by atoms with Crippen molar-refractivity contribution >= 4 is 28.1 Å². The van der Waals surface area contributed by atoms with Gasteiger partial charge < -0.3 is 9.15 Å². The maximum atomic E-state index is 11.9. The Kier molecular flexibility index (Phi) is 4.35. The predicted octanol–water partition coefficient (Wildman–Crippen LogP) is 2.81. The summed E-state index contributed by atoms with van der Waals surface area (Å²) in [6.45, 7) is 0. The first-order valence-electron chi connectivity index (χ1n) is 5.42. The molecule has 0 aliphatic carbocycles. The molecule has 6 heteroatoms. The van der Waals surface area contributed by atoms with Gasteiger partial charge in [0.25, 0.3) is 5.91 Å². The average Bonchev–Trinajstić information content (AvgIpc) is 2.84. The van der Waals surface area contributed by atoms with Crippen LogP contribution in [-0.2, 0) is 0 Å². The summed E-state index contributed by atoms with van der Waals surface area (Å²) in [6.07, 6.45) is 1.41. The topological polar surface area (TPSA) is 63.8 Å². The monoisotopic (exact) mass is 322 g/mol. The van der Waals surface area contributed by atoms with Crippen molar-refractivity contribution in [2.75, 3.05) is 7.11 Å². The molecule has 0 unspecified atom stereocenters. The molecular formula is C13H11BrN2O3. The minimum Gasteiger partial charge on any atom is -0.496 e. The molecule has 0 spiro atoms. The molecule has 2 rings (SSSR count). The predicted molar refractivity (Wildman–Crippen MR) is 74.5 cm³/mol. The van der Waals surface area contributed by atoms with Gasteiger partial charge in [-0.3, -0.25) is 4.79 Å². The standard InChI is InChI=1S/C13H11BrN2O3/c1-18-11-5-3-2-4-10(11)13(17)16-15-8-9-6-7-12(14)19-9/h2-8H,1H3,(H,16,17). The summed E-state index contributed by atoms with van der Waals surface area (Å²) in [5, 5.41) is 3.81. The number of para-hydroxylation sites is 1. The molecule has 0 saturated heterocycles. The van der Waals surface area contributed by atoms with Gasteiger partial charge in [-0.05, 0) is 40.2 Å². The van der Waals surface area contributed by atoms with E-state index in [0.29, 0.717) is 21.7 Å². The van der Waals surface area contributed by atoms with Crippen LogP contribution in [0.2, 0.25) is 0 Å². The molecule has 5 nitrogen and oxygen atoms in total. The van der Waals surface area contributed by atoms with Crippen LogP contribution in [0.5, 0.6) is 5.75 Å². The molecule has 0 aliphatic heterocycles. The van der Waals surface area contributed by atoms with Crippen molar-refractivity contribution in [1.29, 1.82) is 0 Å². The molecule has 1 heterocycles. The van der Waals surface area contributed by atoms with Crippen LogP contribution in [-0.4, -0.2) is 19.2 Å². The molecule has 1 aromatic carbocycles. The summed E-state index contributed by atoms with van der Waals surface area (Å²) in [7, 11) is 1.51. The minimum atomic E-state index is -0.348. The molecule has 0 saturated carbocycles. The molecule has 1 aromatic heterocycles. The number of carbonyl (C=O) groups is 1. The number of ether oxygens (including phenoxy) is 1. The van der Waals surface area contributed by atoms with Gasteiger partial charge in [-0.1, -0.05) is 12.1 Å². The number of hydrogen-bond acceptors (Lipinski definition) is 4. The van der Waals surface area contributed by atoms with Gasteiger partial charge in [-0.15, -0.1) is 0 Å². The van der Waals surface area contributed by atoms with Crippen LogP contribution >= 0.6 is 15.9 Å². The lowest BCUT2D eigenvalue weighted by molar-refractivity contribution is 0.0952. The number of halogens is 1. The quantitative estimate of drug-likeness (QED) is 0.695. The Morgan fingerprint density at radius 1 is 1.37 bits per heavy atom. The number of amides is 1. The Morgan fingerprint density at radius 2 is 2.16 bits per heavy atom. The van der Waals surface area contributed by atoms with Crippen LogP contribution in [0.4, 0.5) is 0 Å². The average molecular weight is 323 g/mol. The zero-order valence-corrected chi connectivity index (χ0v) is 11.7. The number of carbonyl (C=O) groups excluding carboxylic acids is 1. The molecule has 1 N–H and O–H groups in total. The fraction of sp³-hybridized carbons (Fsp3) is 0.0769. The van der Waals surface area contributed by atoms with Crippen molar-refractivity contribution in [3.05, 3.63) is 52.4 Å². The van der Waals surface area contributed by atoms with Crippen molar-refractivity contribution in [3.63, 3.8) is 0 Å². The first kappa shape index (κ1) is 13.4. The maximum absolute atomic E-state index is 11.9. The number of nitrogens with one attached hydrogen (secondary N) is 1. The maximum Gasteiger partial charge on any atom is 0.275 e. The van der Waals surface area contributed by atoms with E-state index in [0.717, 1.165) is 0 Å². The minimum absolute atomic E-state index is 0.348. The largest absolute Gasteiger partial charge is 0.496 e. The summed E-state index contributed by atoms with van der Waals surface area (Å²) in [5.41, 5.74) is 2.83. The van der Waals surface area contributed by atoms with Crippen molar-refractivity contribution in [2.45, 2.75) is 0 Å². The number of hydrogen-bond donors (Lipinski definition) is 1. The number of hydrazone groups is 1. The van der Waals surface area contributed by atoms with E-state index in [1.54, 1.807) is 36.4 Å². The van der Waals surface area contributed by atoms with Gasteiger partial charge in [0.1, 0.15) is 11.5 Å². The van der Waals surface area contributed by atoms with Crippen LogP contribution in [0, 0.1) is 0 Å². The zero-order chi connectivity index (χ0) is 13.7. The normalized spacial score (nSPS) is 10.6. The van der Waals surface area contributed by atoms with E-state index >= 15 is 0 Å². The van der Waals surface area contributed by atoms with Crippen molar-refractivity contribution in [3.8, 4) is 5.75 Å². The number of methoxy groups -OCH3 is 1. The molecule has 2 aromatic rings. The van der Waals surface area contributed by atoms with E-state index in [1.165, 1.54) is 13.3 Å². The van der Waals surface area contributed by atoms with Crippen LogP contribution < -0.4 is 10.2 Å². The fourth-order valence-corrected chi connectivity index (χ4v) is 1.76. The highest BCUT2D eigenvalue weighted by atomic mass is 79.9. The van der Waals surface area contributed by atoms with Crippen LogP contribution in [0.1, 0.15) is 16.1 Å². The summed E-state index contributed by atoms with van der Waals surface area (Å²) < 4.78 is 10.9. The third kappa shape index (κ3) is 3.45. The van der Waals surface area contributed by atoms with Crippen molar-refractivity contribution in [2.24, 2.45) is 5.10 Å². The summed E-state index contributed by atoms with van der Waals surface area (Å²) in [5.74, 6) is 0.683.